The van der Waals surface area contributed by atoms with Crippen molar-refractivity contribution in [2.75, 3.05) is 27.2 Å². The van der Waals surface area contributed by atoms with Crippen molar-refractivity contribution in [3.8, 4) is 5.88 Å². The summed E-state index contributed by atoms with van der Waals surface area (Å²) in [5.41, 5.74) is 1.86. The van der Waals surface area contributed by atoms with Crippen LogP contribution in [0, 0.1) is 0 Å². The Balaban J connectivity index is 2.03. The number of nitrogens with zero attached hydrogens (tertiary/aromatic N) is 4. The number of pyridine rings is 1. The molecule has 25 heavy (non-hydrogen) atoms. The van der Waals surface area contributed by atoms with Crippen molar-refractivity contribution in [3.63, 3.8) is 0 Å². The first-order valence-corrected chi connectivity index (χ1v) is 7.93. The molecule has 0 aliphatic heterocycles. The van der Waals surface area contributed by atoms with Gasteiger partial charge in [0.25, 0.3) is 5.88 Å². The minimum Gasteiger partial charge on any atom is -0.505 e. The summed E-state index contributed by atoms with van der Waals surface area (Å²) in [5.74, 6) is 0.0390. The van der Waals surface area contributed by atoms with Gasteiger partial charge in [0, 0.05) is 18.3 Å². The first-order chi connectivity index (χ1) is 12.0. The third-order valence-electron chi connectivity index (χ3n) is 3.85. The van der Waals surface area contributed by atoms with Crippen LogP contribution < -0.4 is 4.74 Å². The summed E-state index contributed by atoms with van der Waals surface area (Å²) in [6.45, 7) is 2.77. The molecule has 1 N–H and O–H groups in total. The van der Waals surface area contributed by atoms with Crippen molar-refractivity contribution < 1.29 is 14.6 Å². The molecule has 7 heteroatoms. The number of ether oxygens (including phenoxy) is 1. The smallest absolute Gasteiger partial charge is 0.260 e. The molecular formula is C18H20N4O3. The molecule has 0 aromatic carbocycles. The summed E-state index contributed by atoms with van der Waals surface area (Å²) in [5, 5.41) is 14.6. The lowest BCUT2D eigenvalue weighted by Gasteiger charge is -2.11. The second-order valence-electron chi connectivity index (χ2n) is 6.00. The molecule has 0 saturated heterocycles. The Bertz CT molecular complexity index is 906. The van der Waals surface area contributed by atoms with E-state index < -0.39 is 0 Å². The SMILES string of the molecule is CC1=C(O)/C(=N/c2c(OCCN(C)C)nn3ccccc23)C=CC1=O. The topological polar surface area (TPSA) is 79.4 Å². The first kappa shape index (κ1) is 16.9. The summed E-state index contributed by atoms with van der Waals surface area (Å²) < 4.78 is 7.46. The Morgan fingerprint density at radius 3 is 2.88 bits per heavy atom. The Hall–Kier alpha value is -2.93. The molecule has 2 heterocycles. The van der Waals surface area contributed by atoms with Crippen LogP contribution in [0.15, 0.2) is 52.9 Å². The van der Waals surface area contributed by atoms with Crippen LogP contribution in [-0.4, -0.2) is 58.4 Å². The van der Waals surface area contributed by atoms with Crippen LogP contribution in [0.25, 0.3) is 5.52 Å². The first-order valence-electron chi connectivity index (χ1n) is 7.93. The van der Waals surface area contributed by atoms with E-state index >= 15 is 0 Å². The van der Waals surface area contributed by atoms with Gasteiger partial charge in [-0.1, -0.05) is 6.07 Å². The minimum absolute atomic E-state index is 0.123. The van der Waals surface area contributed by atoms with E-state index in [0.717, 1.165) is 12.1 Å². The summed E-state index contributed by atoms with van der Waals surface area (Å²) in [7, 11) is 3.92. The van der Waals surface area contributed by atoms with Crippen molar-refractivity contribution in [1.82, 2.24) is 14.5 Å². The van der Waals surface area contributed by atoms with Gasteiger partial charge in [0.1, 0.15) is 18.1 Å². The number of hydrogen-bond donors (Lipinski definition) is 1. The van der Waals surface area contributed by atoms with Gasteiger partial charge in [-0.15, -0.1) is 5.10 Å². The van der Waals surface area contributed by atoms with E-state index in [1.807, 2.05) is 37.2 Å². The van der Waals surface area contributed by atoms with E-state index in [1.165, 1.54) is 12.2 Å². The number of aromatic nitrogens is 2. The molecule has 0 unspecified atom stereocenters. The molecule has 0 amide bonds. The van der Waals surface area contributed by atoms with Crippen molar-refractivity contribution >= 4 is 22.7 Å². The zero-order valence-corrected chi connectivity index (χ0v) is 14.4. The average Bonchev–Trinajstić information content (AvgIpc) is 2.93. The van der Waals surface area contributed by atoms with Crippen molar-refractivity contribution in [1.29, 1.82) is 0 Å². The lowest BCUT2D eigenvalue weighted by Crippen LogP contribution is -2.19. The van der Waals surface area contributed by atoms with Gasteiger partial charge in [0.2, 0.25) is 0 Å². The lowest BCUT2D eigenvalue weighted by molar-refractivity contribution is -0.111. The molecule has 2 aromatic rings. The maximum Gasteiger partial charge on any atom is 0.260 e. The Labute approximate surface area is 145 Å². The Kier molecular flexibility index (Phi) is 4.67. The van der Waals surface area contributed by atoms with E-state index in [4.69, 9.17) is 4.74 Å². The lowest BCUT2D eigenvalue weighted by atomic mass is 10.0. The molecule has 0 spiro atoms. The summed E-state index contributed by atoms with van der Waals surface area (Å²) in [6.07, 6.45) is 4.70. The summed E-state index contributed by atoms with van der Waals surface area (Å²) in [4.78, 5) is 18.2. The number of rotatable bonds is 5. The molecule has 7 nitrogen and oxygen atoms in total. The van der Waals surface area contributed by atoms with E-state index in [2.05, 4.69) is 10.1 Å². The van der Waals surface area contributed by atoms with Crippen LogP contribution in [0.1, 0.15) is 6.92 Å². The minimum atomic E-state index is -0.223. The summed E-state index contributed by atoms with van der Waals surface area (Å²) >= 11 is 0. The number of likely N-dealkylation sites (N-methyl/N-ethyl adjacent to an activating group) is 1. The molecule has 0 bridgehead atoms. The van der Waals surface area contributed by atoms with E-state index in [-0.39, 0.29) is 17.1 Å². The maximum absolute atomic E-state index is 11.6. The molecule has 0 radical (unpaired) electrons. The largest absolute Gasteiger partial charge is 0.505 e. The number of aliphatic hydroxyl groups is 1. The number of ketones is 1. The predicted molar refractivity (Wildman–Crippen MR) is 95.8 cm³/mol. The van der Waals surface area contributed by atoms with Gasteiger partial charge in [0.05, 0.1) is 5.52 Å². The molecule has 3 rings (SSSR count). The zero-order valence-electron chi connectivity index (χ0n) is 14.4. The van der Waals surface area contributed by atoms with Crippen LogP contribution in [0.4, 0.5) is 5.69 Å². The highest BCUT2D eigenvalue weighted by Crippen LogP contribution is 2.33. The molecule has 0 fully saturated rings. The van der Waals surface area contributed by atoms with Crippen molar-refractivity contribution in [2.24, 2.45) is 4.99 Å². The molecule has 0 saturated carbocycles. The van der Waals surface area contributed by atoms with Gasteiger partial charge < -0.3 is 14.7 Å². The van der Waals surface area contributed by atoms with Crippen molar-refractivity contribution in [3.05, 3.63) is 47.9 Å². The second kappa shape index (κ2) is 6.90. The van der Waals surface area contributed by atoms with Gasteiger partial charge >= 0.3 is 0 Å². The van der Waals surface area contributed by atoms with Gasteiger partial charge in [-0.2, -0.15) is 0 Å². The van der Waals surface area contributed by atoms with E-state index in [9.17, 15) is 9.90 Å². The predicted octanol–water partition coefficient (Wildman–Crippen LogP) is 2.32. The third-order valence-corrected chi connectivity index (χ3v) is 3.85. The number of aliphatic hydroxyl groups excluding tert-OH is 1. The highest BCUT2D eigenvalue weighted by Gasteiger charge is 2.20. The van der Waals surface area contributed by atoms with Gasteiger partial charge in [-0.05, 0) is 45.3 Å². The normalized spacial score (nSPS) is 16.5. The van der Waals surface area contributed by atoms with Crippen molar-refractivity contribution in [2.45, 2.75) is 6.92 Å². The highest BCUT2D eigenvalue weighted by molar-refractivity contribution is 6.21. The fourth-order valence-corrected chi connectivity index (χ4v) is 2.37. The maximum atomic E-state index is 11.6. The second-order valence-corrected chi connectivity index (χ2v) is 6.00. The Morgan fingerprint density at radius 1 is 1.32 bits per heavy atom. The average molecular weight is 340 g/mol. The standard InChI is InChI=1S/C18H20N4O3/c1-12-15(23)8-7-13(17(12)24)19-16-14-6-4-5-9-22(14)20-18(16)25-11-10-21(2)3/h4-9,24H,10-11H2,1-3H3/b19-13+. The van der Waals surface area contributed by atoms with Crippen LogP contribution in [0.2, 0.25) is 0 Å². The van der Waals surface area contributed by atoms with E-state index in [0.29, 0.717) is 23.9 Å². The number of carbonyl (C=O) groups excluding carboxylic acids is 1. The summed E-state index contributed by atoms with van der Waals surface area (Å²) in [6, 6.07) is 5.61. The molecule has 2 aromatic heterocycles. The van der Waals surface area contributed by atoms with Crippen LogP contribution in [0.3, 0.4) is 0 Å². The zero-order chi connectivity index (χ0) is 18.0. The molecular weight excluding hydrogens is 320 g/mol. The fourth-order valence-electron chi connectivity index (χ4n) is 2.37. The van der Waals surface area contributed by atoms with Crippen LogP contribution in [-0.2, 0) is 4.79 Å². The van der Waals surface area contributed by atoms with Crippen LogP contribution >= 0.6 is 0 Å². The quantitative estimate of drug-likeness (QED) is 0.845. The molecule has 1 aliphatic carbocycles. The monoisotopic (exact) mass is 340 g/mol. The molecule has 0 atom stereocenters. The number of aliphatic imine (C=N–C) groups is 1. The van der Waals surface area contributed by atoms with Gasteiger partial charge in [-0.25, -0.2) is 9.51 Å². The number of fused-ring (bicyclic) bond motifs is 1. The fraction of sp³-hybridized carbons (Fsp3) is 0.278. The van der Waals surface area contributed by atoms with Gasteiger partial charge in [-0.3, -0.25) is 4.79 Å². The Morgan fingerprint density at radius 2 is 2.12 bits per heavy atom. The van der Waals surface area contributed by atoms with Crippen LogP contribution in [0.5, 0.6) is 5.88 Å². The molecule has 1 aliphatic rings. The number of allylic oxidation sites excluding steroid dienone is 3. The molecule has 130 valence electrons. The van der Waals surface area contributed by atoms with Gasteiger partial charge in [0.15, 0.2) is 11.5 Å². The number of carbonyl (C=O) groups is 1. The number of hydrogen-bond acceptors (Lipinski definition) is 6. The third kappa shape index (κ3) is 3.46. The van der Waals surface area contributed by atoms with E-state index in [1.54, 1.807) is 17.6 Å². The highest BCUT2D eigenvalue weighted by atomic mass is 16.5.